The van der Waals surface area contributed by atoms with Gasteiger partial charge >= 0.3 is 0 Å². The smallest absolute Gasteiger partial charge is 0.244 e. The Morgan fingerprint density at radius 3 is 2.00 bits per heavy atom. The van der Waals surface area contributed by atoms with Crippen molar-refractivity contribution in [1.29, 1.82) is 0 Å². The Bertz CT molecular complexity index is 3090. The number of aryl methyl sites for hydroxylation is 1. The number of rotatable bonds is 3. The normalized spacial score (nSPS) is 14.2. The van der Waals surface area contributed by atoms with E-state index in [-0.39, 0.29) is 10.8 Å². The highest BCUT2D eigenvalue weighted by Crippen LogP contribution is 2.63. The second-order valence-electron chi connectivity index (χ2n) is 17.9. The highest BCUT2D eigenvalue weighted by atomic mass is 32.2. The summed E-state index contributed by atoms with van der Waals surface area (Å²) in [4.78, 5) is 7.36. The number of hydrogen-bond acceptors (Lipinski definition) is 3. The van der Waals surface area contributed by atoms with Gasteiger partial charge in [0.2, 0.25) is 6.33 Å². The van der Waals surface area contributed by atoms with Crippen LogP contribution in [0.2, 0.25) is 0 Å². The van der Waals surface area contributed by atoms with Crippen molar-refractivity contribution in [2.75, 3.05) is 0 Å². The number of para-hydroxylation sites is 2. The topological polar surface area (TPSA) is 35.9 Å². The molecule has 0 saturated carbocycles. The van der Waals surface area contributed by atoms with Gasteiger partial charge in [-0.15, -0.1) is 0 Å². The molecule has 2 aliphatic heterocycles. The van der Waals surface area contributed by atoms with E-state index in [1.165, 1.54) is 54.1 Å². The lowest BCUT2D eigenvalue weighted by Crippen LogP contribution is -2.41. The number of hydrogen-bond donors (Lipinski definition) is 0. The van der Waals surface area contributed by atoms with E-state index in [0.29, 0.717) is 0 Å². The van der Waals surface area contributed by atoms with Crippen LogP contribution in [0.1, 0.15) is 74.9 Å². The SMILES string of the molecule is C[n+]1[c-]n2c3c(cccc31)C1(c3ccc(Oc4ccc5c6ccccc6n(-c6ccccn6)c5c4)cc3-2)c2c(cccc2C(C)(C)C)Sc2cccc(C(C)(C)C)c21. The van der Waals surface area contributed by atoms with Crippen molar-refractivity contribution >= 4 is 44.6 Å². The fourth-order valence-electron chi connectivity index (χ4n) is 9.91. The molecule has 0 aliphatic carbocycles. The minimum absolute atomic E-state index is 0.114. The van der Waals surface area contributed by atoms with E-state index in [2.05, 4.69) is 190 Å². The van der Waals surface area contributed by atoms with Crippen LogP contribution in [0, 0.1) is 6.33 Å². The van der Waals surface area contributed by atoms with E-state index < -0.39 is 5.41 Å². The number of imidazole rings is 1. The number of aromatic nitrogens is 4. The molecule has 0 amide bonds. The zero-order valence-electron chi connectivity index (χ0n) is 33.9. The summed E-state index contributed by atoms with van der Waals surface area (Å²) in [6, 6.07) is 48.5. The van der Waals surface area contributed by atoms with Gasteiger partial charge in [0.25, 0.3) is 0 Å². The maximum Gasteiger partial charge on any atom is 0.244 e. The van der Waals surface area contributed by atoms with Crippen LogP contribution in [0.15, 0.2) is 149 Å². The third-order valence-electron chi connectivity index (χ3n) is 12.3. The second kappa shape index (κ2) is 12.2. The minimum Gasteiger partial charge on any atom is -0.458 e. The lowest BCUT2D eigenvalue weighted by Gasteiger charge is -2.50. The van der Waals surface area contributed by atoms with Gasteiger partial charge in [-0.1, -0.05) is 126 Å². The molecular weight excluding hydrogens is 729 g/mol. The molecule has 284 valence electrons. The van der Waals surface area contributed by atoms with E-state index in [9.17, 15) is 0 Å². The quantitative estimate of drug-likeness (QED) is 0.133. The molecule has 5 nitrogen and oxygen atoms in total. The Balaban J connectivity index is 1.19. The van der Waals surface area contributed by atoms with Crippen molar-refractivity contribution in [3.05, 3.63) is 179 Å². The predicted octanol–water partition coefficient (Wildman–Crippen LogP) is 12.3. The summed E-state index contributed by atoms with van der Waals surface area (Å²) in [6.07, 6.45) is 5.58. The van der Waals surface area contributed by atoms with Gasteiger partial charge in [0.05, 0.1) is 40.2 Å². The molecule has 5 heterocycles. The molecule has 1 spiro atoms. The first-order valence-electron chi connectivity index (χ1n) is 20.1. The Morgan fingerprint density at radius 1 is 0.638 bits per heavy atom. The largest absolute Gasteiger partial charge is 0.458 e. The van der Waals surface area contributed by atoms with Crippen LogP contribution in [-0.4, -0.2) is 14.1 Å². The Kier molecular flexibility index (Phi) is 7.38. The van der Waals surface area contributed by atoms with E-state index in [1.54, 1.807) is 0 Å². The van der Waals surface area contributed by atoms with Gasteiger partial charge in [-0.05, 0) is 98.8 Å². The Labute approximate surface area is 343 Å². The van der Waals surface area contributed by atoms with Crippen LogP contribution in [0.25, 0.3) is 44.3 Å². The number of pyridine rings is 1. The third kappa shape index (κ3) is 4.84. The van der Waals surface area contributed by atoms with Crippen LogP contribution >= 0.6 is 11.8 Å². The van der Waals surface area contributed by atoms with Crippen molar-refractivity contribution < 1.29 is 9.30 Å². The number of nitrogens with zero attached hydrogens (tertiary/aromatic N) is 4. The molecule has 6 aromatic carbocycles. The molecule has 6 heteroatoms. The predicted molar refractivity (Wildman–Crippen MR) is 235 cm³/mol. The molecule has 0 atom stereocenters. The number of fused-ring (bicyclic) bond motifs is 11. The molecule has 0 saturated heterocycles. The highest BCUT2D eigenvalue weighted by Gasteiger charge is 2.52. The van der Waals surface area contributed by atoms with Crippen LogP contribution in [-0.2, 0) is 23.3 Å². The van der Waals surface area contributed by atoms with Crippen molar-refractivity contribution in [3.63, 3.8) is 0 Å². The lowest BCUT2D eigenvalue weighted by molar-refractivity contribution is -0.649. The molecule has 11 rings (SSSR count). The molecule has 3 aromatic heterocycles. The van der Waals surface area contributed by atoms with Crippen LogP contribution in [0.4, 0.5) is 0 Å². The van der Waals surface area contributed by atoms with E-state index in [0.717, 1.165) is 44.9 Å². The zero-order chi connectivity index (χ0) is 39.7. The summed E-state index contributed by atoms with van der Waals surface area (Å²) >= 11 is 1.92. The summed E-state index contributed by atoms with van der Waals surface area (Å²) < 4.78 is 13.6. The van der Waals surface area contributed by atoms with Gasteiger partial charge in [-0.2, -0.15) is 0 Å². The lowest BCUT2D eigenvalue weighted by atomic mass is 9.58. The van der Waals surface area contributed by atoms with Gasteiger partial charge in [0, 0.05) is 32.8 Å². The summed E-state index contributed by atoms with van der Waals surface area (Å²) in [7, 11) is 2.11. The molecule has 58 heavy (non-hydrogen) atoms. The molecule has 0 radical (unpaired) electrons. The first-order valence-corrected chi connectivity index (χ1v) is 20.9. The second-order valence-corrected chi connectivity index (χ2v) is 19.0. The van der Waals surface area contributed by atoms with E-state index >= 15 is 0 Å². The number of ether oxygens (including phenoxy) is 1. The fraction of sp³-hybridized carbons (Fsp3) is 0.192. The first kappa shape index (κ1) is 35.1. The van der Waals surface area contributed by atoms with Gasteiger partial charge in [-0.3, -0.25) is 4.57 Å². The van der Waals surface area contributed by atoms with Crippen molar-refractivity contribution in [1.82, 2.24) is 14.1 Å². The van der Waals surface area contributed by atoms with Gasteiger partial charge < -0.3 is 13.9 Å². The Morgan fingerprint density at radius 2 is 1.29 bits per heavy atom. The van der Waals surface area contributed by atoms with Crippen molar-refractivity contribution in [3.8, 4) is 23.0 Å². The van der Waals surface area contributed by atoms with Gasteiger partial charge in [0.1, 0.15) is 17.3 Å². The van der Waals surface area contributed by atoms with E-state index in [4.69, 9.17) is 9.72 Å². The molecule has 2 aliphatic rings. The molecule has 0 unspecified atom stereocenters. The summed E-state index contributed by atoms with van der Waals surface area (Å²) in [6.45, 7) is 14.1. The summed E-state index contributed by atoms with van der Waals surface area (Å²) in [5.41, 5.74) is 12.7. The first-order chi connectivity index (χ1) is 27.9. The van der Waals surface area contributed by atoms with Gasteiger partial charge in [0.15, 0.2) is 0 Å². The standard InChI is InChI=1S/C52H44N4OS/c1-50(2,3)37-16-13-21-44-47(37)52(48-38(51(4,5)6)17-14-22-45(48)58-44)36-27-25-33(30-43(36)55-31-54(7)41-20-12-18-39(52)49(41)55)57-32-24-26-35-34-15-8-9-19-40(34)56(42(35)29-32)46-23-10-11-28-53-46/h8-30H,1-7H3. The fourth-order valence-corrected chi connectivity index (χ4v) is 11.2. The maximum absolute atomic E-state index is 6.93. The van der Waals surface area contributed by atoms with Crippen LogP contribution in [0.3, 0.4) is 0 Å². The summed E-state index contributed by atoms with van der Waals surface area (Å²) in [5, 5.41) is 2.34. The molecule has 0 fully saturated rings. The molecular formula is C52H44N4OS. The monoisotopic (exact) mass is 772 g/mol. The molecule has 0 bridgehead atoms. The minimum atomic E-state index is -0.616. The third-order valence-corrected chi connectivity index (χ3v) is 13.4. The zero-order valence-corrected chi connectivity index (χ0v) is 34.7. The van der Waals surface area contributed by atoms with Crippen LogP contribution < -0.4 is 9.30 Å². The average Bonchev–Trinajstić information content (AvgIpc) is 3.73. The van der Waals surface area contributed by atoms with Crippen molar-refractivity contribution in [2.45, 2.75) is 67.6 Å². The number of benzene rings is 6. The molecule has 9 aromatic rings. The highest BCUT2D eigenvalue weighted by molar-refractivity contribution is 7.99. The summed E-state index contributed by atoms with van der Waals surface area (Å²) in [5.74, 6) is 2.41. The Hall–Kier alpha value is -6.11. The maximum atomic E-state index is 6.93. The van der Waals surface area contributed by atoms with E-state index in [1.807, 2.05) is 30.1 Å². The molecule has 0 N–H and O–H groups in total. The van der Waals surface area contributed by atoms with Gasteiger partial charge in [-0.25, -0.2) is 4.98 Å². The average molecular weight is 773 g/mol. The van der Waals surface area contributed by atoms with Crippen LogP contribution in [0.5, 0.6) is 11.5 Å². The van der Waals surface area contributed by atoms with Crippen molar-refractivity contribution in [2.24, 2.45) is 7.05 Å².